The third-order valence-corrected chi connectivity index (χ3v) is 5.46. The van der Waals surface area contributed by atoms with E-state index in [0.717, 1.165) is 37.7 Å². The number of guanidine groups is 1. The molecule has 0 atom stereocenters. The van der Waals surface area contributed by atoms with Crippen LogP contribution >= 0.6 is 0 Å². The summed E-state index contributed by atoms with van der Waals surface area (Å²) in [5.74, 6) is 0.889. The molecule has 5 nitrogen and oxygen atoms in total. The first-order valence-corrected chi connectivity index (χ1v) is 9.64. The molecule has 3 rings (SSSR count). The van der Waals surface area contributed by atoms with Gasteiger partial charge >= 0.3 is 0 Å². The van der Waals surface area contributed by atoms with Gasteiger partial charge in [-0.1, -0.05) is 36.8 Å². The number of nitrogens with one attached hydrogen (secondary N) is 2. The Kier molecular flexibility index (Phi) is 5.96. The van der Waals surface area contributed by atoms with E-state index in [-0.39, 0.29) is 5.41 Å². The smallest absolute Gasteiger partial charge is 0.191 e. The number of nitrogens with zero attached hydrogens (tertiary/aromatic N) is 3. The number of aryl methyl sites for hydroxylation is 3. The van der Waals surface area contributed by atoms with E-state index in [2.05, 4.69) is 68.7 Å². The molecular weight excluding hydrogens is 322 g/mol. The summed E-state index contributed by atoms with van der Waals surface area (Å²) in [4.78, 5) is 4.38. The lowest BCUT2D eigenvalue weighted by molar-refractivity contribution is 0.244. The summed E-state index contributed by atoms with van der Waals surface area (Å²) < 4.78 is 2.08. The van der Waals surface area contributed by atoms with Crippen molar-refractivity contribution in [2.45, 2.75) is 51.5 Å². The molecule has 0 radical (unpaired) electrons. The third-order valence-electron chi connectivity index (χ3n) is 5.46. The Morgan fingerprint density at radius 3 is 2.54 bits per heavy atom. The summed E-state index contributed by atoms with van der Waals surface area (Å²) in [7, 11) is 1.84. The van der Waals surface area contributed by atoms with Crippen LogP contribution in [0.2, 0.25) is 0 Å². The van der Waals surface area contributed by atoms with Crippen LogP contribution in [0.4, 0.5) is 0 Å². The van der Waals surface area contributed by atoms with E-state index in [0.29, 0.717) is 0 Å². The van der Waals surface area contributed by atoms with Gasteiger partial charge in [-0.3, -0.25) is 9.67 Å². The standard InChI is InChI=1S/C21H31N5/c1-17-15-18(2)26(25-17)14-8-13-23-20(22-3)24-16-21(11-7-12-21)19-9-5-4-6-10-19/h4-6,9-10,15H,7-8,11-14,16H2,1-3H3,(H2,22,23,24). The molecule has 0 amide bonds. The maximum atomic E-state index is 4.51. The van der Waals surface area contributed by atoms with E-state index >= 15 is 0 Å². The van der Waals surface area contributed by atoms with Crippen LogP contribution in [0.5, 0.6) is 0 Å². The van der Waals surface area contributed by atoms with Crippen molar-refractivity contribution in [2.24, 2.45) is 4.99 Å². The number of rotatable bonds is 7. The molecule has 0 aliphatic heterocycles. The molecule has 0 spiro atoms. The number of hydrogen-bond donors (Lipinski definition) is 2. The van der Waals surface area contributed by atoms with Crippen molar-refractivity contribution in [3.8, 4) is 0 Å². The predicted octanol–water partition coefficient (Wildman–Crippen LogP) is 3.18. The minimum absolute atomic E-state index is 0.266. The fraction of sp³-hybridized carbons (Fsp3) is 0.524. The highest BCUT2D eigenvalue weighted by molar-refractivity contribution is 5.79. The Morgan fingerprint density at radius 2 is 1.96 bits per heavy atom. The first-order valence-electron chi connectivity index (χ1n) is 9.64. The molecule has 1 aliphatic rings. The Balaban J connectivity index is 1.45. The van der Waals surface area contributed by atoms with Crippen molar-refractivity contribution in [3.63, 3.8) is 0 Å². The summed E-state index contributed by atoms with van der Waals surface area (Å²) >= 11 is 0. The molecule has 1 aromatic heterocycles. The van der Waals surface area contributed by atoms with E-state index in [4.69, 9.17) is 0 Å². The molecule has 2 aromatic rings. The number of hydrogen-bond acceptors (Lipinski definition) is 2. The zero-order chi connectivity index (χ0) is 18.4. The van der Waals surface area contributed by atoms with Crippen molar-refractivity contribution in [1.82, 2.24) is 20.4 Å². The molecule has 0 bridgehead atoms. The van der Waals surface area contributed by atoms with Crippen LogP contribution in [-0.2, 0) is 12.0 Å². The molecule has 1 heterocycles. The zero-order valence-electron chi connectivity index (χ0n) is 16.3. The van der Waals surface area contributed by atoms with Gasteiger partial charge in [0.05, 0.1) is 5.69 Å². The normalized spacial score (nSPS) is 16.2. The summed E-state index contributed by atoms with van der Waals surface area (Å²) in [6, 6.07) is 13.0. The lowest BCUT2D eigenvalue weighted by atomic mass is 9.64. The Hall–Kier alpha value is -2.30. The van der Waals surface area contributed by atoms with Gasteiger partial charge in [-0.05, 0) is 44.7 Å². The van der Waals surface area contributed by atoms with Gasteiger partial charge < -0.3 is 10.6 Å². The van der Waals surface area contributed by atoms with Gasteiger partial charge in [0.25, 0.3) is 0 Å². The van der Waals surface area contributed by atoms with Crippen LogP contribution in [0.3, 0.4) is 0 Å². The molecule has 0 saturated heterocycles. The quantitative estimate of drug-likeness (QED) is 0.457. The Morgan fingerprint density at radius 1 is 1.19 bits per heavy atom. The second-order valence-electron chi connectivity index (χ2n) is 7.36. The van der Waals surface area contributed by atoms with Crippen LogP contribution in [0, 0.1) is 13.8 Å². The summed E-state index contributed by atoms with van der Waals surface area (Å²) in [5.41, 5.74) is 4.01. The predicted molar refractivity (Wildman–Crippen MR) is 108 cm³/mol. The van der Waals surface area contributed by atoms with E-state index in [1.165, 1.54) is 30.5 Å². The molecule has 1 aromatic carbocycles. The van der Waals surface area contributed by atoms with Crippen LogP contribution in [-0.4, -0.2) is 35.9 Å². The SMILES string of the molecule is CN=C(NCCCn1nc(C)cc1C)NCC1(c2ccccc2)CCC1. The molecule has 26 heavy (non-hydrogen) atoms. The lowest BCUT2D eigenvalue weighted by Gasteiger charge is -2.43. The highest BCUT2D eigenvalue weighted by Gasteiger charge is 2.38. The van der Waals surface area contributed by atoms with Gasteiger partial charge in [0.15, 0.2) is 5.96 Å². The van der Waals surface area contributed by atoms with E-state index in [9.17, 15) is 0 Å². The first kappa shape index (κ1) is 18.5. The summed E-state index contributed by atoms with van der Waals surface area (Å²) in [6.45, 7) is 6.90. The van der Waals surface area contributed by atoms with Gasteiger partial charge in [0.1, 0.15) is 0 Å². The van der Waals surface area contributed by atoms with Crippen LogP contribution in [0.15, 0.2) is 41.4 Å². The van der Waals surface area contributed by atoms with Crippen molar-refractivity contribution in [1.29, 1.82) is 0 Å². The minimum atomic E-state index is 0.266. The molecular formula is C21H31N5. The second kappa shape index (κ2) is 8.39. The molecule has 5 heteroatoms. The highest BCUT2D eigenvalue weighted by Crippen LogP contribution is 2.43. The van der Waals surface area contributed by atoms with Crippen molar-refractivity contribution < 1.29 is 0 Å². The van der Waals surface area contributed by atoms with Crippen LogP contribution < -0.4 is 10.6 Å². The maximum absolute atomic E-state index is 4.51. The average Bonchev–Trinajstić information content (AvgIpc) is 2.94. The number of aliphatic imine (C=N–C) groups is 1. The molecule has 1 saturated carbocycles. The molecule has 0 unspecified atom stereocenters. The monoisotopic (exact) mass is 353 g/mol. The largest absolute Gasteiger partial charge is 0.356 e. The number of benzene rings is 1. The van der Waals surface area contributed by atoms with Crippen molar-refractivity contribution in [2.75, 3.05) is 20.1 Å². The summed E-state index contributed by atoms with van der Waals surface area (Å²) in [6.07, 6.45) is 4.83. The van der Waals surface area contributed by atoms with Gasteiger partial charge in [0, 0.05) is 37.8 Å². The van der Waals surface area contributed by atoms with Crippen molar-refractivity contribution in [3.05, 3.63) is 53.3 Å². The summed E-state index contributed by atoms with van der Waals surface area (Å²) in [5, 5.41) is 11.5. The molecule has 2 N–H and O–H groups in total. The molecule has 140 valence electrons. The number of aromatic nitrogens is 2. The zero-order valence-corrected chi connectivity index (χ0v) is 16.3. The minimum Gasteiger partial charge on any atom is -0.356 e. The highest BCUT2D eigenvalue weighted by atomic mass is 15.3. The van der Waals surface area contributed by atoms with E-state index in [1.807, 2.05) is 14.0 Å². The van der Waals surface area contributed by atoms with E-state index < -0.39 is 0 Å². The average molecular weight is 354 g/mol. The van der Waals surface area contributed by atoms with Crippen molar-refractivity contribution >= 4 is 5.96 Å². The second-order valence-corrected chi connectivity index (χ2v) is 7.36. The van der Waals surface area contributed by atoms with Gasteiger partial charge in [-0.25, -0.2) is 0 Å². The fourth-order valence-electron chi connectivity index (χ4n) is 3.77. The van der Waals surface area contributed by atoms with Crippen LogP contribution in [0.1, 0.15) is 42.6 Å². The Labute approximate surface area is 156 Å². The van der Waals surface area contributed by atoms with Crippen LogP contribution in [0.25, 0.3) is 0 Å². The molecule has 1 aliphatic carbocycles. The fourth-order valence-corrected chi connectivity index (χ4v) is 3.77. The van der Waals surface area contributed by atoms with Gasteiger partial charge in [-0.15, -0.1) is 0 Å². The molecule has 1 fully saturated rings. The van der Waals surface area contributed by atoms with E-state index in [1.54, 1.807) is 0 Å². The van der Waals surface area contributed by atoms with Gasteiger partial charge in [0.2, 0.25) is 0 Å². The maximum Gasteiger partial charge on any atom is 0.191 e. The lowest BCUT2D eigenvalue weighted by Crippen LogP contribution is -2.49. The Bertz CT molecular complexity index is 728. The third kappa shape index (κ3) is 4.26. The van der Waals surface area contributed by atoms with Gasteiger partial charge in [-0.2, -0.15) is 5.10 Å². The topological polar surface area (TPSA) is 54.2 Å². The first-order chi connectivity index (χ1) is 12.6.